The second-order valence-corrected chi connectivity index (χ2v) is 13.8. The van der Waals surface area contributed by atoms with Gasteiger partial charge in [-0.25, -0.2) is 21.6 Å². The molecule has 4 N–H and O–H groups in total. The maximum atomic E-state index is 13.7. The quantitative estimate of drug-likeness (QED) is 0.338. The van der Waals surface area contributed by atoms with Gasteiger partial charge in [0, 0.05) is 29.9 Å². The van der Waals surface area contributed by atoms with E-state index in [1.54, 1.807) is 0 Å². The molecular weight excluding hydrogens is 573 g/mol. The zero-order valence-electron chi connectivity index (χ0n) is 21.8. The molecule has 2 bridgehead atoms. The molecule has 0 heterocycles. The molecule has 2 aliphatic rings. The van der Waals surface area contributed by atoms with Gasteiger partial charge in [-0.1, -0.05) is 11.6 Å². The number of hydrogen-bond acceptors (Lipinski definition) is 6. The lowest BCUT2D eigenvalue weighted by molar-refractivity contribution is -0.133. The van der Waals surface area contributed by atoms with Crippen LogP contribution in [0.1, 0.15) is 56.3 Å². The number of aliphatic hydroxyl groups is 2. The third-order valence-electron chi connectivity index (χ3n) is 7.71. The molecule has 218 valence electrons. The molecule has 13 heteroatoms. The highest BCUT2D eigenvalue weighted by Crippen LogP contribution is 2.53. The Morgan fingerprint density at radius 1 is 1.07 bits per heavy atom. The van der Waals surface area contributed by atoms with Crippen molar-refractivity contribution in [2.75, 3.05) is 11.9 Å². The minimum absolute atomic E-state index is 0.00169. The molecule has 40 heavy (non-hydrogen) atoms. The molecule has 0 aromatic heterocycles. The zero-order chi connectivity index (χ0) is 29.6. The molecule has 2 amide bonds. The Bertz CT molecular complexity index is 1410. The van der Waals surface area contributed by atoms with Gasteiger partial charge in [0.05, 0.1) is 32.8 Å². The molecule has 8 nitrogen and oxygen atoms in total. The highest BCUT2D eigenvalue weighted by atomic mass is 35.5. The normalized spacial score (nSPS) is 24.6. The van der Waals surface area contributed by atoms with Gasteiger partial charge in [0.15, 0.2) is 27.3 Å². The minimum Gasteiger partial charge on any atom is -0.389 e. The van der Waals surface area contributed by atoms with Crippen molar-refractivity contribution in [1.82, 2.24) is 5.32 Å². The summed E-state index contributed by atoms with van der Waals surface area (Å²) in [5, 5.41) is 25.0. The molecule has 2 fully saturated rings. The van der Waals surface area contributed by atoms with Crippen LogP contribution in [-0.4, -0.2) is 53.4 Å². The van der Waals surface area contributed by atoms with Crippen LogP contribution in [0.3, 0.4) is 0 Å². The number of carbonyl (C=O) groups excluding carboxylic acids is 2. The molecule has 2 atom stereocenters. The third kappa shape index (κ3) is 6.14. The standard InChI is InChI=1S/C27H30ClF3N2O6S/c1-26(2,36)13-32-23(34)12-27(37)15-4-5-16(27)9-18(8-15)40(38,39)22-7-14(3-6-19(22)28)25(35)33-17-10-20(29)24(31)21(30)11-17/h3,6-7,10-11,15-16,18,36-37H,4-5,8-9,12-13H2,1-2H3,(H,32,34)(H,33,35). The van der Waals surface area contributed by atoms with Crippen molar-refractivity contribution in [1.29, 1.82) is 0 Å². The van der Waals surface area contributed by atoms with Gasteiger partial charge in [-0.15, -0.1) is 0 Å². The SMILES string of the molecule is CC(C)(O)CNC(=O)CC1(O)C2CCC1CC(S(=O)(=O)c1cc(C(=O)Nc3cc(F)c(F)c(F)c3)ccc1Cl)C2. The Hall–Kier alpha value is -2.67. The first-order chi connectivity index (χ1) is 18.5. The number of fused-ring (bicyclic) bond motifs is 2. The number of carbonyl (C=O) groups is 2. The molecule has 2 saturated carbocycles. The number of rotatable bonds is 8. The van der Waals surface area contributed by atoms with E-state index in [1.165, 1.54) is 26.0 Å². The van der Waals surface area contributed by atoms with E-state index in [-0.39, 0.29) is 47.0 Å². The first-order valence-electron chi connectivity index (χ1n) is 12.7. The largest absolute Gasteiger partial charge is 0.389 e. The van der Waals surface area contributed by atoms with Crippen LogP contribution in [0.2, 0.25) is 5.02 Å². The second kappa shape index (κ2) is 11.0. The van der Waals surface area contributed by atoms with Gasteiger partial charge >= 0.3 is 0 Å². The van der Waals surface area contributed by atoms with Crippen molar-refractivity contribution in [3.8, 4) is 0 Å². The van der Waals surface area contributed by atoms with Gasteiger partial charge in [0.2, 0.25) is 5.91 Å². The Morgan fingerprint density at radius 2 is 1.65 bits per heavy atom. The lowest BCUT2D eigenvalue weighted by Crippen LogP contribution is -2.51. The van der Waals surface area contributed by atoms with E-state index in [1.807, 2.05) is 0 Å². The van der Waals surface area contributed by atoms with Crippen molar-refractivity contribution in [3.05, 3.63) is 58.4 Å². The fraction of sp³-hybridized carbons (Fsp3) is 0.481. The third-order valence-corrected chi connectivity index (χ3v) is 10.4. The smallest absolute Gasteiger partial charge is 0.255 e. The summed E-state index contributed by atoms with van der Waals surface area (Å²) in [6, 6.07) is 4.70. The highest BCUT2D eigenvalue weighted by molar-refractivity contribution is 7.92. The van der Waals surface area contributed by atoms with Crippen molar-refractivity contribution in [2.45, 2.75) is 67.3 Å². The summed E-state index contributed by atoms with van der Waals surface area (Å²) in [6.45, 7) is 3.07. The van der Waals surface area contributed by atoms with Gasteiger partial charge in [0.1, 0.15) is 0 Å². The fourth-order valence-electron chi connectivity index (χ4n) is 5.66. The number of halogens is 4. The minimum atomic E-state index is -4.10. The van der Waals surface area contributed by atoms with Crippen LogP contribution >= 0.6 is 11.6 Å². The molecule has 0 aliphatic heterocycles. The van der Waals surface area contributed by atoms with Crippen molar-refractivity contribution in [2.24, 2.45) is 11.8 Å². The van der Waals surface area contributed by atoms with Crippen LogP contribution in [0.15, 0.2) is 35.2 Å². The number of nitrogens with one attached hydrogen (secondary N) is 2. The summed E-state index contributed by atoms with van der Waals surface area (Å²) < 4.78 is 67.7. The molecule has 0 saturated heterocycles. The topological polar surface area (TPSA) is 133 Å². The lowest BCUT2D eigenvalue weighted by atomic mass is 9.72. The van der Waals surface area contributed by atoms with E-state index < -0.39 is 67.4 Å². The first kappa shape index (κ1) is 30.3. The van der Waals surface area contributed by atoms with Crippen molar-refractivity contribution in [3.63, 3.8) is 0 Å². The molecule has 4 rings (SSSR count). The van der Waals surface area contributed by atoms with Crippen LogP contribution in [0, 0.1) is 29.3 Å². The van der Waals surface area contributed by atoms with Crippen LogP contribution in [0.4, 0.5) is 18.9 Å². The zero-order valence-corrected chi connectivity index (χ0v) is 23.4. The Kier molecular flexibility index (Phi) is 8.30. The summed E-state index contributed by atoms with van der Waals surface area (Å²) in [5.74, 6) is -6.97. The Morgan fingerprint density at radius 3 is 2.20 bits per heavy atom. The molecule has 2 aromatic rings. The molecular formula is C27H30ClF3N2O6S. The Balaban J connectivity index is 1.51. The lowest BCUT2D eigenvalue weighted by Gasteiger charge is -2.42. The molecule has 2 unspecified atom stereocenters. The monoisotopic (exact) mass is 602 g/mol. The predicted molar refractivity (Wildman–Crippen MR) is 141 cm³/mol. The summed E-state index contributed by atoms with van der Waals surface area (Å²) in [5.41, 5.74) is -3.04. The van der Waals surface area contributed by atoms with E-state index in [4.69, 9.17) is 11.6 Å². The molecule has 2 aliphatic carbocycles. The number of amides is 2. The highest BCUT2D eigenvalue weighted by Gasteiger charge is 2.56. The van der Waals surface area contributed by atoms with Crippen molar-refractivity contribution >= 4 is 38.9 Å². The van der Waals surface area contributed by atoms with E-state index in [9.17, 15) is 41.4 Å². The van der Waals surface area contributed by atoms with Crippen molar-refractivity contribution < 1.29 is 41.4 Å². The van der Waals surface area contributed by atoms with E-state index in [2.05, 4.69) is 10.6 Å². The maximum Gasteiger partial charge on any atom is 0.255 e. The van der Waals surface area contributed by atoms with E-state index in [0.717, 1.165) is 6.07 Å². The first-order valence-corrected chi connectivity index (χ1v) is 14.6. The van der Waals surface area contributed by atoms with Gasteiger partial charge < -0.3 is 20.8 Å². The van der Waals surface area contributed by atoms with Gasteiger partial charge in [-0.3, -0.25) is 9.59 Å². The maximum absolute atomic E-state index is 13.7. The number of hydrogen-bond donors (Lipinski definition) is 4. The molecule has 0 spiro atoms. The van der Waals surface area contributed by atoms with Gasteiger partial charge in [-0.2, -0.15) is 0 Å². The van der Waals surface area contributed by atoms with E-state index in [0.29, 0.717) is 25.0 Å². The molecule has 0 radical (unpaired) electrons. The van der Waals surface area contributed by atoms with Crippen LogP contribution in [0.25, 0.3) is 0 Å². The summed E-state index contributed by atoms with van der Waals surface area (Å²) >= 11 is 6.23. The van der Waals surface area contributed by atoms with Crippen LogP contribution in [0.5, 0.6) is 0 Å². The number of sulfone groups is 1. The second-order valence-electron chi connectivity index (χ2n) is 11.2. The van der Waals surface area contributed by atoms with Crippen LogP contribution < -0.4 is 10.6 Å². The average molecular weight is 603 g/mol. The number of benzene rings is 2. The van der Waals surface area contributed by atoms with Gasteiger partial charge in [-0.05, 0) is 69.6 Å². The fourth-order valence-corrected chi connectivity index (χ4v) is 8.06. The van der Waals surface area contributed by atoms with Gasteiger partial charge in [0.25, 0.3) is 5.91 Å². The van der Waals surface area contributed by atoms with E-state index >= 15 is 0 Å². The molecule has 2 aromatic carbocycles. The Labute approximate surface area is 234 Å². The summed E-state index contributed by atoms with van der Waals surface area (Å²) in [4.78, 5) is 24.9. The number of anilines is 1. The van der Waals surface area contributed by atoms with Crippen LogP contribution in [-0.2, 0) is 14.6 Å². The summed E-state index contributed by atoms with van der Waals surface area (Å²) in [7, 11) is -4.10. The summed E-state index contributed by atoms with van der Waals surface area (Å²) in [6.07, 6.45) is 1.01. The average Bonchev–Trinajstić information content (AvgIpc) is 3.01. The predicted octanol–water partition coefficient (Wildman–Crippen LogP) is 3.98.